The van der Waals surface area contributed by atoms with Gasteiger partial charge in [0, 0.05) is 17.7 Å². The minimum atomic E-state index is 0.0443. The summed E-state index contributed by atoms with van der Waals surface area (Å²) < 4.78 is 10.5. The van der Waals surface area contributed by atoms with Crippen molar-refractivity contribution >= 4 is 11.5 Å². The summed E-state index contributed by atoms with van der Waals surface area (Å²) >= 11 is 0. The lowest BCUT2D eigenvalue weighted by Crippen LogP contribution is -2.05. The Balaban J connectivity index is 2.06. The first-order chi connectivity index (χ1) is 10.2. The molecule has 0 radical (unpaired) electrons. The Morgan fingerprint density at radius 1 is 1.05 bits per heavy atom. The molecule has 0 unspecified atom stereocenters. The van der Waals surface area contributed by atoms with Crippen LogP contribution in [0.2, 0.25) is 0 Å². The van der Waals surface area contributed by atoms with Crippen LogP contribution in [0.15, 0.2) is 42.5 Å². The zero-order chi connectivity index (χ0) is 15.2. The number of Topliss-reactive ketones (excluding diaryl/α,β-unsaturated/α-hetero) is 1. The quantitative estimate of drug-likeness (QED) is 0.654. The second-order valence-corrected chi connectivity index (χ2v) is 4.70. The molecule has 21 heavy (non-hydrogen) atoms. The lowest BCUT2D eigenvalue weighted by atomic mass is 10.0. The minimum absolute atomic E-state index is 0.0443. The summed E-state index contributed by atoms with van der Waals surface area (Å²) in [6, 6.07) is 12.8. The molecule has 0 fully saturated rings. The SMILES string of the molecule is COc1ccc(CCC(=O)c2ccccc2N)cc1OC. The number of nitrogen functional groups attached to an aromatic ring is 1. The van der Waals surface area contributed by atoms with Gasteiger partial charge in [-0.05, 0) is 36.2 Å². The van der Waals surface area contributed by atoms with Crippen molar-refractivity contribution in [3.05, 3.63) is 53.6 Å². The van der Waals surface area contributed by atoms with E-state index < -0.39 is 0 Å². The number of hydrogen-bond acceptors (Lipinski definition) is 4. The number of hydrogen-bond donors (Lipinski definition) is 1. The highest BCUT2D eigenvalue weighted by Crippen LogP contribution is 2.28. The first-order valence-corrected chi connectivity index (χ1v) is 6.74. The van der Waals surface area contributed by atoms with Crippen molar-refractivity contribution in [2.45, 2.75) is 12.8 Å². The normalized spacial score (nSPS) is 10.2. The smallest absolute Gasteiger partial charge is 0.165 e. The summed E-state index contributed by atoms with van der Waals surface area (Å²) in [6.45, 7) is 0. The van der Waals surface area contributed by atoms with E-state index in [2.05, 4.69) is 0 Å². The lowest BCUT2D eigenvalue weighted by molar-refractivity contribution is 0.0983. The number of ketones is 1. The van der Waals surface area contributed by atoms with E-state index in [0.717, 1.165) is 5.56 Å². The Morgan fingerprint density at radius 2 is 1.76 bits per heavy atom. The van der Waals surface area contributed by atoms with Crippen LogP contribution < -0.4 is 15.2 Å². The first kappa shape index (κ1) is 14.9. The highest BCUT2D eigenvalue weighted by molar-refractivity contribution is 6.00. The van der Waals surface area contributed by atoms with Gasteiger partial charge in [0.15, 0.2) is 17.3 Å². The van der Waals surface area contributed by atoms with Gasteiger partial charge >= 0.3 is 0 Å². The third kappa shape index (κ3) is 3.54. The number of benzene rings is 2. The topological polar surface area (TPSA) is 61.5 Å². The molecule has 2 aromatic carbocycles. The highest BCUT2D eigenvalue weighted by Gasteiger charge is 2.10. The molecule has 4 heteroatoms. The van der Waals surface area contributed by atoms with E-state index in [4.69, 9.17) is 15.2 Å². The minimum Gasteiger partial charge on any atom is -0.493 e. The number of carbonyl (C=O) groups excluding carboxylic acids is 1. The molecule has 0 saturated heterocycles. The van der Waals surface area contributed by atoms with Gasteiger partial charge in [-0.25, -0.2) is 0 Å². The van der Waals surface area contributed by atoms with Gasteiger partial charge in [-0.2, -0.15) is 0 Å². The van der Waals surface area contributed by atoms with Gasteiger partial charge in [0.05, 0.1) is 14.2 Å². The molecule has 2 N–H and O–H groups in total. The molecule has 0 heterocycles. The summed E-state index contributed by atoms with van der Waals surface area (Å²) in [7, 11) is 3.19. The first-order valence-electron chi connectivity index (χ1n) is 6.74. The molecule has 0 spiro atoms. The maximum atomic E-state index is 12.2. The number of aryl methyl sites for hydroxylation is 1. The van der Waals surface area contributed by atoms with Crippen LogP contribution in [0.3, 0.4) is 0 Å². The van der Waals surface area contributed by atoms with Gasteiger partial charge < -0.3 is 15.2 Å². The zero-order valence-corrected chi connectivity index (χ0v) is 12.3. The molecular formula is C17H19NO3. The fourth-order valence-corrected chi connectivity index (χ4v) is 2.18. The van der Waals surface area contributed by atoms with Gasteiger partial charge in [-0.15, -0.1) is 0 Å². The zero-order valence-electron chi connectivity index (χ0n) is 12.3. The summed E-state index contributed by atoms with van der Waals surface area (Å²) in [6.07, 6.45) is 1.04. The summed E-state index contributed by atoms with van der Waals surface area (Å²) in [5, 5.41) is 0. The van der Waals surface area contributed by atoms with Gasteiger partial charge in [0.1, 0.15) is 0 Å². The van der Waals surface area contributed by atoms with Crippen LogP contribution in [0.5, 0.6) is 11.5 Å². The third-order valence-corrected chi connectivity index (χ3v) is 3.35. The summed E-state index contributed by atoms with van der Waals surface area (Å²) in [5.41, 5.74) is 7.94. The third-order valence-electron chi connectivity index (χ3n) is 3.35. The molecule has 4 nitrogen and oxygen atoms in total. The van der Waals surface area contributed by atoms with E-state index in [0.29, 0.717) is 35.6 Å². The number of methoxy groups -OCH3 is 2. The Hall–Kier alpha value is -2.49. The predicted molar refractivity (Wildman–Crippen MR) is 83.1 cm³/mol. The second-order valence-electron chi connectivity index (χ2n) is 4.70. The molecule has 0 bridgehead atoms. The number of anilines is 1. The van der Waals surface area contributed by atoms with Crippen LogP contribution >= 0.6 is 0 Å². The van der Waals surface area contributed by atoms with Crippen molar-refractivity contribution in [3.63, 3.8) is 0 Å². The van der Waals surface area contributed by atoms with E-state index >= 15 is 0 Å². The molecule has 0 atom stereocenters. The van der Waals surface area contributed by atoms with Gasteiger partial charge in [0.2, 0.25) is 0 Å². The standard InChI is InChI=1S/C17H19NO3/c1-20-16-10-8-12(11-17(16)21-2)7-9-15(19)13-5-3-4-6-14(13)18/h3-6,8,10-11H,7,9,18H2,1-2H3. The lowest BCUT2D eigenvalue weighted by Gasteiger charge is -2.09. The average molecular weight is 285 g/mol. The van der Waals surface area contributed by atoms with Crippen LogP contribution in [-0.2, 0) is 6.42 Å². The van der Waals surface area contributed by atoms with Crippen molar-refractivity contribution < 1.29 is 14.3 Å². The van der Waals surface area contributed by atoms with E-state index in [1.807, 2.05) is 30.3 Å². The molecule has 0 aliphatic carbocycles. The van der Waals surface area contributed by atoms with Crippen LogP contribution in [0, 0.1) is 0 Å². The van der Waals surface area contributed by atoms with Crippen molar-refractivity contribution in [2.24, 2.45) is 0 Å². The Labute approximate surface area is 124 Å². The molecule has 0 amide bonds. The predicted octanol–water partition coefficient (Wildman–Crippen LogP) is 3.10. The van der Waals surface area contributed by atoms with Crippen molar-refractivity contribution in [3.8, 4) is 11.5 Å². The van der Waals surface area contributed by atoms with E-state index in [9.17, 15) is 4.79 Å². The number of ether oxygens (including phenoxy) is 2. The van der Waals surface area contributed by atoms with Crippen LogP contribution in [-0.4, -0.2) is 20.0 Å². The molecular weight excluding hydrogens is 266 g/mol. The van der Waals surface area contributed by atoms with Crippen molar-refractivity contribution in [1.29, 1.82) is 0 Å². The van der Waals surface area contributed by atoms with Crippen LogP contribution in [0.1, 0.15) is 22.3 Å². The van der Waals surface area contributed by atoms with Crippen molar-refractivity contribution in [2.75, 3.05) is 20.0 Å². The largest absolute Gasteiger partial charge is 0.493 e. The number of nitrogens with two attached hydrogens (primary N) is 1. The molecule has 110 valence electrons. The van der Waals surface area contributed by atoms with E-state index in [-0.39, 0.29) is 5.78 Å². The van der Waals surface area contributed by atoms with E-state index in [1.165, 1.54) is 0 Å². The molecule has 2 aromatic rings. The average Bonchev–Trinajstić information content (AvgIpc) is 2.52. The summed E-state index contributed by atoms with van der Waals surface area (Å²) in [4.78, 5) is 12.2. The van der Waals surface area contributed by atoms with Gasteiger partial charge in [-0.3, -0.25) is 4.79 Å². The fourth-order valence-electron chi connectivity index (χ4n) is 2.18. The fraction of sp³-hybridized carbons (Fsp3) is 0.235. The molecule has 0 saturated carbocycles. The van der Waals surface area contributed by atoms with E-state index in [1.54, 1.807) is 26.4 Å². The van der Waals surface area contributed by atoms with Crippen LogP contribution in [0.4, 0.5) is 5.69 Å². The molecule has 2 rings (SSSR count). The molecule has 0 aromatic heterocycles. The maximum absolute atomic E-state index is 12.2. The number of para-hydroxylation sites is 1. The monoisotopic (exact) mass is 285 g/mol. The Bertz CT molecular complexity index is 638. The van der Waals surface area contributed by atoms with Crippen molar-refractivity contribution in [1.82, 2.24) is 0 Å². The summed E-state index contributed by atoms with van der Waals surface area (Å²) in [5.74, 6) is 1.39. The van der Waals surface area contributed by atoms with Crippen LogP contribution in [0.25, 0.3) is 0 Å². The molecule has 0 aliphatic heterocycles. The Morgan fingerprint density at radius 3 is 2.43 bits per heavy atom. The Kier molecular flexibility index (Phi) is 4.82. The number of carbonyl (C=O) groups is 1. The van der Waals surface area contributed by atoms with Gasteiger partial charge in [-0.1, -0.05) is 18.2 Å². The number of rotatable bonds is 6. The molecule has 0 aliphatic rings. The second kappa shape index (κ2) is 6.79. The van der Waals surface area contributed by atoms with Gasteiger partial charge in [0.25, 0.3) is 0 Å². The highest BCUT2D eigenvalue weighted by atomic mass is 16.5. The maximum Gasteiger partial charge on any atom is 0.165 e.